The van der Waals surface area contributed by atoms with Crippen LogP contribution in [0.2, 0.25) is 0 Å². The molecule has 3 aliphatic rings. The average molecular weight is 452 g/mol. The summed E-state index contributed by atoms with van der Waals surface area (Å²) in [5.74, 6) is -0.991. The van der Waals surface area contributed by atoms with Gasteiger partial charge in [0.15, 0.2) is 11.4 Å². The number of hydrogen-bond donors (Lipinski definition) is 5. The van der Waals surface area contributed by atoms with Crippen molar-refractivity contribution >= 4 is 23.2 Å². The van der Waals surface area contributed by atoms with Crippen LogP contribution in [0, 0.1) is 23.7 Å². The molecule has 0 bridgehead atoms. The molecular formula is C24H24N2O7. The summed E-state index contributed by atoms with van der Waals surface area (Å²) in [6, 6.07) is 1.86. The monoisotopic (exact) mass is 452 g/mol. The molecule has 0 aromatic heterocycles. The third-order valence-electron chi connectivity index (χ3n) is 6.86. The van der Waals surface area contributed by atoms with Gasteiger partial charge in [0.25, 0.3) is 5.91 Å². The second-order valence-corrected chi connectivity index (χ2v) is 8.82. The first-order valence-corrected chi connectivity index (χ1v) is 10.4. The van der Waals surface area contributed by atoms with Crippen LogP contribution in [0.1, 0.15) is 30.0 Å². The highest BCUT2D eigenvalue weighted by Gasteiger charge is 2.64. The van der Waals surface area contributed by atoms with Crippen LogP contribution in [0.15, 0.2) is 29.0 Å². The van der Waals surface area contributed by atoms with Crippen LogP contribution >= 0.6 is 0 Å². The lowest BCUT2D eigenvalue weighted by Gasteiger charge is -2.50. The summed E-state index contributed by atoms with van der Waals surface area (Å²) in [6.45, 7) is 1.65. The van der Waals surface area contributed by atoms with E-state index in [9.17, 15) is 34.8 Å². The zero-order valence-electron chi connectivity index (χ0n) is 18.3. The van der Waals surface area contributed by atoms with Gasteiger partial charge in [0, 0.05) is 17.1 Å². The molecule has 9 nitrogen and oxygen atoms in total. The zero-order chi connectivity index (χ0) is 24.4. The van der Waals surface area contributed by atoms with Crippen LogP contribution < -0.4 is 5.73 Å². The van der Waals surface area contributed by atoms with Gasteiger partial charge in [0.1, 0.15) is 22.8 Å². The van der Waals surface area contributed by atoms with E-state index in [1.807, 2.05) is 0 Å². The van der Waals surface area contributed by atoms with E-state index in [2.05, 4.69) is 11.8 Å². The van der Waals surface area contributed by atoms with Crippen molar-refractivity contribution in [2.24, 2.45) is 17.6 Å². The van der Waals surface area contributed by atoms with Crippen LogP contribution in [0.25, 0.3) is 5.76 Å². The van der Waals surface area contributed by atoms with E-state index in [-0.39, 0.29) is 29.7 Å². The van der Waals surface area contributed by atoms with Crippen molar-refractivity contribution in [1.29, 1.82) is 0 Å². The fourth-order valence-corrected chi connectivity index (χ4v) is 5.50. The Kier molecular flexibility index (Phi) is 5.11. The number of aliphatic hydroxyl groups excluding tert-OH is 2. The number of aliphatic hydroxyl groups is 3. The van der Waals surface area contributed by atoms with E-state index in [1.165, 1.54) is 11.0 Å². The number of Topliss-reactive ketones (excluding diaryl/α,β-unsaturated/α-hetero) is 2. The number of rotatable bonds is 2. The van der Waals surface area contributed by atoms with Crippen molar-refractivity contribution in [3.63, 3.8) is 0 Å². The highest BCUT2D eigenvalue weighted by Crippen LogP contribution is 2.52. The van der Waals surface area contributed by atoms with Crippen LogP contribution in [-0.4, -0.2) is 68.5 Å². The maximum Gasteiger partial charge on any atom is 0.255 e. The van der Waals surface area contributed by atoms with Gasteiger partial charge in [-0.3, -0.25) is 19.3 Å². The molecule has 4 atom stereocenters. The summed E-state index contributed by atoms with van der Waals surface area (Å²) in [4.78, 5) is 40.1. The fourth-order valence-electron chi connectivity index (χ4n) is 5.50. The van der Waals surface area contributed by atoms with E-state index >= 15 is 0 Å². The number of amides is 1. The number of nitrogens with two attached hydrogens (primary N) is 1. The third kappa shape index (κ3) is 2.91. The van der Waals surface area contributed by atoms with Gasteiger partial charge in [-0.05, 0) is 57.5 Å². The first kappa shape index (κ1) is 22.6. The molecular weight excluding hydrogens is 428 g/mol. The highest BCUT2D eigenvalue weighted by molar-refractivity contribution is 6.24. The minimum absolute atomic E-state index is 0.0338. The molecule has 0 radical (unpaired) electrons. The van der Waals surface area contributed by atoms with E-state index < -0.39 is 58.0 Å². The second kappa shape index (κ2) is 7.47. The summed E-state index contributed by atoms with van der Waals surface area (Å²) >= 11 is 0. The van der Waals surface area contributed by atoms with Crippen LogP contribution in [-0.2, 0) is 20.8 Å². The second-order valence-electron chi connectivity index (χ2n) is 8.82. The summed E-state index contributed by atoms with van der Waals surface area (Å²) in [7, 11) is 3.11. The molecule has 1 amide bonds. The highest BCUT2D eigenvalue weighted by atomic mass is 16.3. The lowest BCUT2D eigenvalue weighted by atomic mass is 9.57. The SMILES string of the molecule is CC#Cc1ccc(O)c2c1CC1CC3C(N(C)C)C(=O)C(C(N)=O)=C(O)C3(O)C(=O)C1=C2O. The fraction of sp³-hybridized carbons (Fsp3) is 0.375. The van der Waals surface area contributed by atoms with Crippen molar-refractivity contribution in [3.8, 4) is 17.6 Å². The number of nitrogens with zero attached hydrogens (tertiary/aromatic N) is 1. The van der Waals surface area contributed by atoms with Gasteiger partial charge >= 0.3 is 0 Å². The van der Waals surface area contributed by atoms with Crippen molar-refractivity contribution in [3.05, 3.63) is 45.7 Å². The maximum atomic E-state index is 13.7. The summed E-state index contributed by atoms with van der Waals surface area (Å²) in [5, 5.41) is 43.8. The Balaban J connectivity index is 2.00. The Labute approximate surface area is 189 Å². The number of ketones is 2. The molecule has 3 aliphatic carbocycles. The van der Waals surface area contributed by atoms with E-state index in [0.29, 0.717) is 11.1 Å². The minimum atomic E-state index is -2.64. The van der Waals surface area contributed by atoms with Gasteiger partial charge in [-0.2, -0.15) is 0 Å². The molecule has 0 spiro atoms. The smallest absolute Gasteiger partial charge is 0.255 e. The Morgan fingerprint density at radius 2 is 1.88 bits per heavy atom. The minimum Gasteiger partial charge on any atom is -0.508 e. The number of carbonyl (C=O) groups excluding carboxylic acids is 3. The predicted octanol–water partition coefficient (Wildman–Crippen LogP) is 0.335. The predicted molar refractivity (Wildman–Crippen MR) is 117 cm³/mol. The molecule has 0 saturated heterocycles. The Morgan fingerprint density at radius 1 is 1.21 bits per heavy atom. The lowest BCUT2D eigenvalue weighted by molar-refractivity contribution is -0.153. The van der Waals surface area contributed by atoms with Crippen molar-refractivity contribution in [2.75, 3.05) is 14.1 Å². The van der Waals surface area contributed by atoms with Crippen molar-refractivity contribution in [1.82, 2.24) is 4.90 Å². The van der Waals surface area contributed by atoms with Crippen LogP contribution in [0.5, 0.6) is 5.75 Å². The van der Waals surface area contributed by atoms with Gasteiger partial charge in [-0.25, -0.2) is 0 Å². The lowest BCUT2D eigenvalue weighted by Crippen LogP contribution is -2.65. The molecule has 0 heterocycles. The first-order chi connectivity index (χ1) is 15.5. The average Bonchev–Trinajstić information content (AvgIpc) is 2.72. The largest absolute Gasteiger partial charge is 0.508 e. The molecule has 1 aromatic rings. The number of primary amides is 1. The number of fused-ring (bicyclic) bond motifs is 3. The van der Waals surface area contributed by atoms with Gasteiger partial charge in [-0.1, -0.05) is 5.92 Å². The number of benzene rings is 1. The van der Waals surface area contributed by atoms with E-state index in [4.69, 9.17) is 5.73 Å². The van der Waals surface area contributed by atoms with Gasteiger partial charge < -0.3 is 26.2 Å². The van der Waals surface area contributed by atoms with Gasteiger partial charge in [0.05, 0.1) is 11.6 Å². The number of aromatic hydroxyl groups is 1. The summed E-state index contributed by atoms with van der Waals surface area (Å²) in [5.41, 5.74) is 2.81. The molecule has 9 heteroatoms. The molecule has 1 fully saturated rings. The Bertz CT molecular complexity index is 1250. The van der Waals surface area contributed by atoms with Crippen LogP contribution in [0.3, 0.4) is 0 Å². The van der Waals surface area contributed by atoms with Crippen LogP contribution in [0.4, 0.5) is 0 Å². The molecule has 1 aromatic carbocycles. The number of likely N-dealkylation sites (N-methyl/N-ethyl adjacent to an activating group) is 1. The molecule has 6 N–H and O–H groups in total. The Morgan fingerprint density at radius 3 is 2.45 bits per heavy atom. The third-order valence-corrected chi connectivity index (χ3v) is 6.86. The zero-order valence-corrected chi connectivity index (χ0v) is 18.3. The number of carbonyl (C=O) groups is 3. The van der Waals surface area contributed by atoms with E-state index in [0.717, 1.165) is 0 Å². The van der Waals surface area contributed by atoms with Crippen molar-refractivity contribution < 1.29 is 34.8 Å². The molecule has 4 rings (SSSR count). The molecule has 4 unspecified atom stereocenters. The number of phenols is 1. The molecule has 1 saturated carbocycles. The normalized spacial score (nSPS) is 28.7. The van der Waals surface area contributed by atoms with Crippen molar-refractivity contribution in [2.45, 2.75) is 31.4 Å². The van der Waals surface area contributed by atoms with E-state index in [1.54, 1.807) is 27.1 Å². The summed E-state index contributed by atoms with van der Waals surface area (Å²) in [6.07, 6.45) is 0.257. The van der Waals surface area contributed by atoms with Gasteiger partial charge in [-0.15, -0.1) is 5.92 Å². The topological polar surface area (TPSA) is 161 Å². The van der Waals surface area contributed by atoms with Gasteiger partial charge in [0.2, 0.25) is 5.78 Å². The quantitative estimate of drug-likeness (QED) is 0.317. The Hall–Kier alpha value is -3.61. The molecule has 33 heavy (non-hydrogen) atoms. The standard InChI is InChI=1S/C24H24N2O7/c1-4-5-10-6-7-14(27)16-12(10)8-11-9-13-18(26(2)3)20(29)17(23(25)32)22(31)24(13,33)21(30)15(11)19(16)28/h6-7,11,13,18,27-28,31,33H,8-9H2,1-3H3,(H2,25,32). The summed E-state index contributed by atoms with van der Waals surface area (Å²) < 4.78 is 0. The first-order valence-electron chi connectivity index (χ1n) is 10.4. The number of phenolic OH excluding ortho intramolecular Hbond substituents is 1. The molecule has 0 aliphatic heterocycles. The maximum absolute atomic E-state index is 13.7. The molecule has 172 valence electrons. The number of hydrogen-bond acceptors (Lipinski definition) is 8.